The van der Waals surface area contributed by atoms with Gasteiger partial charge in [-0.2, -0.15) is 0 Å². The Balaban J connectivity index is 1.10. The van der Waals surface area contributed by atoms with Gasteiger partial charge in [0.05, 0.1) is 6.04 Å². The summed E-state index contributed by atoms with van der Waals surface area (Å²) < 4.78 is 5.79. The van der Waals surface area contributed by atoms with E-state index in [1.54, 1.807) is 12.1 Å². The Bertz CT molecular complexity index is 1180. The van der Waals surface area contributed by atoms with Crippen molar-refractivity contribution in [3.63, 3.8) is 0 Å². The van der Waals surface area contributed by atoms with Crippen LogP contribution < -0.4 is 20.3 Å². The van der Waals surface area contributed by atoms with E-state index in [4.69, 9.17) is 4.74 Å². The molecule has 186 valence electrons. The van der Waals surface area contributed by atoms with Gasteiger partial charge in [0.1, 0.15) is 11.5 Å². The number of nitrogens with one attached hydrogen (secondary N) is 2. The highest BCUT2D eigenvalue weighted by Crippen LogP contribution is 2.31. The molecule has 0 radical (unpaired) electrons. The van der Waals surface area contributed by atoms with E-state index in [2.05, 4.69) is 15.5 Å². The third kappa shape index (κ3) is 5.62. The lowest BCUT2D eigenvalue weighted by Crippen LogP contribution is -2.43. The molecular weight excluding hydrogens is 452 g/mol. The van der Waals surface area contributed by atoms with E-state index in [0.29, 0.717) is 23.0 Å². The van der Waals surface area contributed by atoms with Crippen LogP contribution in [-0.2, 0) is 4.79 Å². The summed E-state index contributed by atoms with van der Waals surface area (Å²) >= 11 is 0. The number of carbonyl (C=O) groups is 2. The largest absolute Gasteiger partial charge is 0.457 e. The Morgan fingerprint density at radius 1 is 0.833 bits per heavy atom. The maximum Gasteiger partial charge on any atom is 0.323 e. The van der Waals surface area contributed by atoms with Gasteiger partial charge in [-0.25, -0.2) is 4.79 Å². The van der Waals surface area contributed by atoms with Gasteiger partial charge in [0, 0.05) is 43.1 Å². The Kier molecular flexibility index (Phi) is 7.07. The minimum Gasteiger partial charge on any atom is -0.457 e. The van der Waals surface area contributed by atoms with Crippen LogP contribution >= 0.6 is 0 Å². The zero-order chi connectivity index (χ0) is 24.9. The third-order valence-electron chi connectivity index (χ3n) is 7.09. The number of carbonyl (C=O) groups excluding carboxylic acids is 2. The molecule has 2 aliphatic rings. The molecule has 36 heavy (non-hydrogen) atoms. The number of rotatable bonds is 7. The van der Waals surface area contributed by atoms with Crippen molar-refractivity contribution in [2.75, 3.05) is 35.7 Å². The van der Waals surface area contributed by atoms with Crippen LogP contribution in [-0.4, -0.2) is 43.0 Å². The maximum absolute atomic E-state index is 12.6. The van der Waals surface area contributed by atoms with E-state index in [1.807, 2.05) is 78.7 Å². The van der Waals surface area contributed by atoms with Crippen LogP contribution in [0.15, 0.2) is 78.9 Å². The topological polar surface area (TPSA) is 73.9 Å². The minimum atomic E-state index is -0.308. The second-order valence-electron chi connectivity index (χ2n) is 9.53. The zero-order valence-electron chi connectivity index (χ0n) is 20.5. The molecule has 1 unspecified atom stereocenters. The molecule has 0 bridgehead atoms. The average molecular weight is 485 g/mol. The molecule has 7 heteroatoms. The Labute approximate surface area is 212 Å². The lowest BCUT2D eigenvalue weighted by molar-refractivity contribution is -0.138. The van der Waals surface area contributed by atoms with Crippen LogP contribution in [0.1, 0.15) is 25.7 Å². The summed E-state index contributed by atoms with van der Waals surface area (Å²) in [5.74, 6) is 2.00. The predicted molar refractivity (Wildman–Crippen MR) is 143 cm³/mol. The van der Waals surface area contributed by atoms with E-state index in [1.165, 1.54) is 6.42 Å². The smallest absolute Gasteiger partial charge is 0.323 e. The molecule has 0 aromatic heterocycles. The summed E-state index contributed by atoms with van der Waals surface area (Å²) in [7, 11) is 1.95. The number of para-hydroxylation sites is 1. The number of nitrogens with zero attached hydrogens (tertiary/aromatic N) is 2. The number of benzene rings is 3. The van der Waals surface area contributed by atoms with Crippen molar-refractivity contribution in [3.8, 4) is 11.5 Å². The first-order chi connectivity index (χ1) is 17.5. The molecule has 1 aliphatic carbocycles. The molecule has 1 heterocycles. The highest BCUT2D eigenvalue weighted by molar-refractivity contribution is 5.99. The van der Waals surface area contributed by atoms with Crippen molar-refractivity contribution in [2.45, 2.75) is 31.7 Å². The molecule has 2 fully saturated rings. The fourth-order valence-electron chi connectivity index (χ4n) is 4.70. The Morgan fingerprint density at radius 3 is 2.06 bits per heavy atom. The second kappa shape index (κ2) is 10.7. The van der Waals surface area contributed by atoms with Gasteiger partial charge < -0.3 is 25.2 Å². The van der Waals surface area contributed by atoms with Crippen LogP contribution in [0.2, 0.25) is 0 Å². The molecule has 1 atom stereocenters. The Morgan fingerprint density at radius 2 is 1.44 bits per heavy atom. The van der Waals surface area contributed by atoms with Crippen molar-refractivity contribution < 1.29 is 14.3 Å². The number of likely N-dealkylation sites (N-methyl/N-ethyl adjacent to an activating group) is 1. The lowest BCUT2D eigenvalue weighted by Gasteiger charge is -2.32. The van der Waals surface area contributed by atoms with Crippen LogP contribution in [0.4, 0.5) is 21.9 Å². The summed E-state index contributed by atoms with van der Waals surface area (Å²) in [6.45, 7) is 1.76. The van der Waals surface area contributed by atoms with E-state index in [-0.39, 0.29) is 18.0 Å². The molecule has 2 N–H and O–H groups in total. The standard InChI is InChI=1S/C29H32N4O3/c1-32(28(34)21-6-5-7-21)25-18-19-33(20-25)24-14-10-22(11-15-24)30-29(35)31-23-12-16-27(17-13-23)36-26-8-3-2-4-9-26/h2-4,8-17,21,25H,5-7,18-20H2,1H3,(H2,30,31,35). The fourth-order valence-corrected chi connectivity index (χ4v) is 4.70. The zero-order valence-corrected chi connectivity index (χ0v) is 20.5. The normalized spacial score (nSPS) is 17.2. The highest BCUT2D eigenvalue weighted by atomic mass is 16.5. The number of hydrogen-bond donors (Lipinski definition) is 2. The van der Waals surface area contributed by atoms with Gasteiger partial charge in [-0.05, 0) is 79.9 Å². The van der Waals surface area contributed by atoms with Crippen LogP contribution in [0, 0.1) is 5.92 Å². The number of anilines is 3. The van der Waals surface area contributed by atoms with Crippen molar-refractivity contribution in [1.82, 2.24) is 4.90 Å². The summed E-state index contributed by atoms with van der Waals surface area (Å²) in [5, 5.41) is 5.72. The Hall–Kier alpha value is -4.00. The minimum absolute atomic E-state index is 0.237. The first-order valence-electron chi connectivity index (χ1n) is 12.6. The number of ether oxygens (including phenoxy) is 1. The van der Waals surface area contributed by atoms with Gasteiger partial charge in [-0.3, -0.25) is 4.79 Å². The van der Waals surface area contributed by atoms with Crippen LogP contribution in [0.25, 0.3) is 0 Å². The molecule has 0 spiro atoms. The maximum atomic E-state index is 12.6. The number of amides is 3. The number of urea groups is 1. The van der Waals surface area contributed by atoms with Gasteiger partial charge >= 0.3 is 6.03 Å². The van der Waals surface area contributed by atoms with E-state index in [0.717, 1.165) is 43.8 Å². The summed E-state index contributed by atoms with van der Waals surface area (Å²) in [6, 6.07) is 24.6. The molecule has 5 rings (SSSR count). The summed E-state index contributed by atoms with van der Waals surface area (Å²) in [4.78, 5) is 29.3. The van der Waals surface area contributed by atoms with E-state index < -0.39 is 0 Å². The summed E-state index contributed by atoms with van der Waals surface area (Å²) in [6.07, 6.45) is 4.23. The van der Waals surface area contributed by atoms with Crippen molar-refractivity contribution >= 4 is 29.0 Å². The van der Waals surface area contributed by atoms with E-state index >= 15 is 0 Å². The predicted octanol–water partition coefficient (Wildman–Crippen LogP) is 5.96. The molecule has 1 saturated carbocycles. The SMILES string of the molecule is CN(C(=O)C1CCC1)C1CCN(c2ccc(NC(=O)Nc3ccc(Oc4ccccc4)cc3)cc2)C1. The molecule has 1 aliphatic heterocycles. The first-order valence-corrected chi connectivity index (χ1v) is 12.6. The second-order valence-corrected chi connectivity index (χ2v) is 9.53. The monoisotopic (exact) mass is 484 g/mol. The third-order valence-corrected chi connectivity index (χ3v) is 7.09. The van der Waals surface area contributed by atoms with Gasteiger partial charge in [0.2, 0.25) is 5.91 Å². The molecule has 1 saturated heterocycles. The average Bonchev–Trinajstić information content (AvgIpc) is 3.35. The van der Waals surface area contributed by atoms with Crippen molar-refractivity contribution in [2.24, 2.45) is 5.92 Å². The van der Waals surface area contributed by atoms with E-state index in [9.17, 15) is 9.59 Å². The van der Waals surface area contributed by atoms with Crippen LogP contribution in [0.3, 0.4) is 0 Å². The summed E-state index contributed by atoms with van der Waals surface area (Å²) in [5.41, 5.74) is 2.49. The lowest BCUT2D eigenvalue weighted by atomic mass is 9.84. The molecule has 3 aromatic rings. The van der Waals surface area contributed by atoms with Crippen molar-refractivity contribution in [3.05, 3.63) is 78.9 Å². The molecular formula is C29H32N4O3. The van der Waals surface area contributed by atoms with Gasteiger partial charge in [0.25, 0.3) is 0 Å². The number of hydrogen-bond acceptors (Lipinski definition) is 4. The van der Waals surface area contributed by atoms with Gasteiger partial charge in [-0.1, -0.05) is 24.6 Å². The molecule has 7 nitrogen and oxygen atoms in total. The highest BCUT2D eigenvalue weighted by Gasteiger charge is 2.34. The fraction of sp³-hybridized carbons (Fsp3) is 0.310. The first kappa shape index (κ1) is 23.7. The van der Waals surface area contributed by atoms with Crippen molar-refractivity contribution in [1.29, 1.82) is 0 Å². The van der Waals surface area contributed by atoms with Gasteiger partial charge in [0.15, 0.2) is 0 Å². The molecule has 3 aromatic carbocycles. The molecule has 3 amide bonds. The quantitative estimate of drug-likeness (QED) is 0.434. The van der Waals surface area contributed by atoms with Crippen LogP contribution in [0.5, 0.6) is 11.5 Å². The van der Waals surface area contributed by atoms with Gasteiger partial charge in [-0.15, -0.1) is 0 Å².